The molecule has 130 valence electrons. The van der Waals surface area contributed by atoms with Gasteiger partial charge in [-0.2, -0.15) is 5.26 Å². The van der Waals surface area contributed by atoms with Crippen molar-refractivity contribution < 1.29 is 18.3 Å². The molecule has 1 aliphatic rings. The normalized spacial score (nSPS) is 17.2. The van der Waals surface area contributed by atoms with Crippen molar-refractivity contribution in [2.24, 2.45) is 0 Å². The van der Waals surface area contributed by atoms with Crippen LogP contribution in [0.3, 0.4) is 0 Å². The highest BCUT2D eigenvalue weighted by Crippen LogP contribution is 2.25. The van der Waals surface area contributed by atoms with Crippen molar-refractivity contribution in [3.63, 3.8) is 0 Å². The molecule has 0 saturated carbocycles. The molecule has 1 heterocycles. The standard InChI is InChI=1S/C17H21F2N3O2/c1-17(2,3)24-16(23)22-8-6-21(7-9-22)15(11-20)13-5-4-12(18)10-14(13)19/h4-5,10,15H,6-9H2,1-3H3. The fraction of sp³-hybridized carbons (Fsp3) is 0.529. The number of rotatable bonds is 2. The molecule has 0 N–H and O–H groups in total. The number of amides is 1. The Morgan fingerprint density at radius 1 is 1.25 bits per heavy atom. The Bertz CT molecular complexity index is 644. The van der Waals surface area contributed by atoms with E-state index in [1.165, 1.54) is 6.07 Å². The van der Waals surface area contributed by atoms with Crippen molar-refractivity contribution in [1.82, 2.24) is 9.80 Å². The quantitative estimate of drug-likeness (QED) is 0.832. The molecule has 0 radical (unpaired) electrons. The summed E-state index contributed by atoms with van der Waals surface area (Å²) in [5.41, 5.74) is -0.426. The number of hydrogen-bond acceptors (Lipinski definition) is 4. The van der Waals surface area contributed by atoms with Crippen molar-refractivity contribution in [3.8, 4) is 6.07 Å². The van der Waals surface area contributed by atoms with Gasteiger partial charge >= 0.3 is 6.09 Å². The first kappa shape index (κ1) is 18.1. The van der Waals surface area contributed by atoms with Crippen LogP contribution in [0.15, 0.2) is 18.2 Å². The molecular formula is C17H21F2N3O2. The molecule has 0 aliphatic carbocycles. The third-order valence-electron chi connectivity index (χ3n) is 3.71. The first-order chi connectivity index (χ1) is 11.2. The Morgan fingerprint density at radius 2 is 1.88 bits per heavy atom. The van der Waals surface area contributed by atoms with Gasteiger partial charge in [0.05, 0.1) is 6.07 Å². The van der Waals surface area contributed by atoms with Crippen LogP contribution in [-0.2, 0) is 4.74 Å². The molecule has 1 unspecified atom stereocenters. The molecule has 24 heavy (non-hydrogen) atoms. The van der Waals surface area contributed by atoms with Crippen LogP contribution in [0.4, 0.5) is 13.6 Å². The van der Waals surface area contributed by atoms with Crippen molar-refractivity contribution in [2.75, 3.05) is 26.2 Å². The van der Waals surface area contributed by atoms with Crippen molar-refractivity contribution >= 4 is 6.09 Å². The minimum atomic E-state index is -0.814. The van der Waals surface area contributed by atoms with Gasteiger partial charge in [0.1, 0.15) is 23.3 Å². The van der Waals surface area contributed by atoms with E-state index in [1.54, 1.807) is 30.6 Å². The smallest absolute Gasteiger partial charge is 0.410 e. The molecule has 1 aliphatic heterocycles. The molecule has 0 spiro atoms. The first-order valence-corrected chi connectivity index (χ1v) is 7.78. The zero-order chi connectivity index (χ0) is 17.9. The summed E-state index contributed by atoms with van der Waals surface area (Å²) >= 11 is 0. The molecular weight excluding hydrogens is 316 g/mol. The highest BCUT2D eigenvalue weighted by molar-refractivity contribution is 5.68. The van der Waals surface area contributed by atoms with Crippen LogP contribution in [0.2, 0.25) is 0 Å². The number of halogens is 2. The number of nitrogens with zero attached hydrogens (tertiary/aromatic N) is 3. The lowest BCUT2D eigenvalue weighted by molar-refractivity contribution is 0.0123. The Kier molecular flexibility index (Phi) is 5.40. The number of carbonyl (C=O) groups excluding carboxylic acids is 1. The molecule has 7 heteroatoms. The Hall–Kier alpha value is -2.20. The largest absolute Gasteiger partial charge is 0.444 e. The zero-order valence-electron chi connectivity index (χ0n) is 14.1. The van der Waals surface area contributed by atoms with E-state index in [9.17, 15) is 18.8 Å². The summed E-state index contributed by atoms with van der Waals surface area (Å²) in [6.45, 7) is 6.98. The van der Waals surface area contributed by atoms with Gasteiger partial charge in [0.25, 0.3) is 0 Å². The average molecular weight is 337 g/mol. The van der Waals surface area contributed by atoms with E-state index in [2.05, 4.69) is 6.07 Å². The van der Waals surface area contributed by atoms with Crippen LogP contribution >= 0.6 is 0 Å². The van der Waals surface area contributed by atoms with Gasteiger partial charge in [0.15, 0.2) is 0 Å². The van der Waals surface area contributed by atoms with E-state index in [1.807, 2.05) is 0 Å². The second-order valence-corrected chi connectivity index (χ2v) is 6.70. The molecule has 1 saturated heterocycles. The van der Waals surface area contributed by atoms with Crippen molar-refractivity contribution in [1.29, 1.82) is 5.26 Å². The van der Waals surface area contributed by atoms with Gasteiger partial charge in [-0.25, -0.2) is 13.6 Å². The van der Waals surface area contributed by atoms with Gasteiger partial charge in [-0.3, -0.25) is 4.90 Å². The van der Waals surface area contributed by atoms with E-state index in [4.69, 9.17) is 4.74 Å². The summed E-state index contributed by atoms with van der Waals surface area (Å²) in [5.74, 6) is -1.42. The minimum absolute atomic E-state index is 0.143. The molecule has 5 nitrogen and oxygen atoms in total. The minimum Gasteiger partial charge on any atom is -0.444 e. The summed E-state index contributed by atoms with van der Waals surface area (Å²) in [6.07, 6.45) is -0.399. The van der Waals surface area contributed by atoms with Crippen molar-refractivity contribution in [2.45, 2.75) is 32.4 Å². The topological polar surface area (TPSA) is 56.6 Å². The van der Waals surface area contributed by atoms with Gasteiger partial charge in [0.2, 0.25) is 0 Å². The van der Waals surface area contributed by atoms with Gasteiger partial charge in [0, 0.05) is 37.8 Å². The summed E-state index contributed by atoms with van der Waals surface area (Å²) in [7, 11) is 0. The van der Waals surface area contributed by atoms with Gasteiger partial charge in [-0.05, 0) is 26.8 Å². The van der Waals surface area contributed by atoms with E-state index >= 15 is 0 Å². The maximum Gasteiger partial charge on any atom is 0.410 e. The van der Waals surface area contributed by atoms with Crippen LogP contribution in [0, 0.1) is 23.0 Å². The molecule has 1 aromatic rings. The number of hydrogen-bond donors (Lipinski definition) is 0. The monoisotopic (exact) mass is 337 g/mol. The molecule has 0 aromatic heterocycles. The van der Waals surface area contributed by atoms with Crippen LogP contribution in [0.25, 0.3) is 0 Å². The first-order valence-electron chi connectivity index (χ1n) is 7.78. The van der Waals surface area contributed by atoms with E-state index in [-0.39, 0.29) is 5.56 Å². The highest BCUT2D eigenvalue weighted by atomic mass is 19.1. The molecule has 1 atom stereocenters. The lowest BCUT2D eigenvalue weighted by Crippen LogP contribution is -2.50. The number of ether oxygens (including phenoxy) is 1. The van der Waals surface area contributed by atoms with Crippen LogP contribution in [-0.4, -0.2) is 47.7 Å². The van der Waals surface area contributed by atoms with Gasteiger partial charge < -0.3 is 9.64 Å². The van der Waals surface area contributed by atoms with Crippen LogP contribution in [0.5, 0.6) is 0 Å². The van der Waals surface area contributed by atoms with E-state index in [0.717, 1.165) is 12.1 Å². The Labute approximate surface area is 140 Å². The Morgan fingerprint density at radius 3 is 2.38 bits per heavy atom. The molecule has 0 bridgehead atoms. The SMILES string of the molecule is CC(C)(C)OC(=O)N1CCN(C(C#N)c2ccc(F)cc2F)CC1. The number of benzene rings is 1. The summed E-state index contributed by atoms with van der Waals surface area (Å²) in [4.78, 5) is 15.4. The van der Waals surface area contributed by atoms with Gasteiger partial charge in [-0.1, -0.05) is 6.07 Å². The van der Waals surface area contributed by atoms with Crippen molar-refractivity contribution in [3.05, 3.63) is 35.4 Å². The summed E-state index contributed by atoms with van der Waals surface area (Å²) in [6, 6.07) is 4.45. The van der Waals surface area contributed by atoms with Gasteiger partial charge in [-0.15, -0.1) is 0 Å². The summed E-state index contributed by atoms with van der Waals surface area (Å²) in [5, 5.41) is 9.40. The predicted octanol–water partition coefficient (Wildman–Crippen LogP) is 3.08. The summed E-state index contributed by atoms with van der Waals surface area (Å²) < 4.78 is 32.3. The maximum atomic E-state index is 13.9. The zero-order valence-corrected chi connectivity index (χ0v) is 14.1. The number of carbonyl (C=O) groups is 1. The van der Waals surface area contributed by atoms with E-state index in [0.29, 0.717) is 26.2 Å². The molecule has 2 rings (SSSR count). The lowest BCUT2D eigenvalue weighted by Gasteiger charge is -2.37. The number of nitriles is 1. The van der Waals surface area contributed by atoms with Crippen LogP contribution < -0.4 is 0 Å². The van der Waals surface area contributed by atoms with E-state index < -0.39 is 29.4 Å². The third-order valence-corrected chi connectivity index (χ3v) is 3.71. The third kappa shape index (κ3) is 4.42. The second kappa shape index (κ2) is 7.14. The lowest BCUT2D eigenvalue weighted by atomic mass is 10.0. The molecule has 1 aromatic carbocycles. The predicted molar refractivity (Wildman–Crippen MR) is 84.1 cm³/mol. The second-order valence-electron chi connectivity index (χ2n) is 6.70. The Balaban J connectivity index is 2.02. The fourth-order valence-corrected chi connectivity index (χ4v) is 2.56. The van der Waals surface area contributed by atoms with Crippen LogP contribution in [0.1, 0.15) is 32.4 Å². The molecule has 1 fully saturated rings. The maximum absolute atomic E-state index is 13.9. The molecule has 1 amide bonds. The average Bonchev–Trinajstić information content (AvgIpc) is 2.49. The number of piperazine rings is 1. The highest BCUT2D eigenvalue weighted by Gasteiger charge is 2.30. The fourth-order valence-electron chi connectivity index (χ4n) is 2.56.